The molecule has 1 aromatic heterocycles. The molecule has 0 spiro atoms. The third-order valence-electron chi connectivity index (χ3n) is 2.06. The molecule has 1 heterocycles. The van der Waals surface area contributed by atoms with Gasteiger partial charge in [0, 0.05) is 0 Å². The van der Waals surface area contributed by atoms with Crippen LogP contribution < -0.4 is 16.6 Å². The van der Waals surface area contributed by atoms with E-state index in [2.05, 4.69) is 15.3 Å². The van der Waals surface area contributed by atoms with Crippen molar-refractivity contribution in [2.75, 3.05) is 5.32 Å². The Hall–Kier alpha value is -1.12. The summed E-state index contributed by atoms with van der Waals surface area (Å²) in [5, 5.41) is 2.87. The van der Waals surface area contributed by atoms with Gasteiger partial charge in [-0.3, -0.25) is 9.59 Å². The van der Waals surface area contributed by atoms with E-state index < -0.39 is 11.9 Å². The number of aromatic nitrogens is 2. The zero-order valence-corrected chi connectivity index (χ0v) is 11.1. The molecule has 88 valence electrons. The standard InChI is InChI=1S/C9H13IN4O2/c1-4(2)6(7(11)15)14-8-5(10)9(16)13-3-12-8/h3-4,6H,1-2H3,(H2,11,15)(H2,12,13,14,16). The van der Waals surface area contributed by atoms with E-state index in [9.17, 15) is 9.59 Å². The molecule has 6 nitrogen and oxygen atoms in total. The van der Waals surface area contributed by atoms with Crippen LogP contribution in [0.4, 0.5) is 5.82 Å². The van der Waals surface area contributed by atoms with Gasteiger partial charge in [-0.2, -0.15) is 0 Å². The lowest BCUT2D eigenvalue weighted by Crippen LogP contribution is -2.40. The van der Waals surface area contributed by atoms with Crippen LogP contribution in [0.2, 0.25) is 0 Å². The second kappa shape index (κ2) is 5.28. The topological polar surface area (TPSA) is 101 Å². The second-order valence-electron chi connectivity index (χ2n) is 3.66. The lowest BCUT2D eigenvalue weighted by atomic mass is 10.0. The number of hydrogen-bond donors (Lipinski definition) is 3. The monoisotopic (exact) mass is 336 g/mol. The van der Waals surface area contributed by atoms with E-state index in [1.54, 1.807) is 0 Å². The molecule has 1 amide bonds. The van der Waals surface area contributed by atoms with E-state index in [1.165, 1.54) is 6.33 Å². The van der Waals surface area contributed by atoms with Crippen LogP contribution in [-0.4, -0.2) is 21.9 Å². The molecular weight excluding hydrogens is 323 g/mol. The van der Waals surface area contributed by atoms with Crippen molar-refractivity contribution < 1.29 is 4.79 Å². The van der Waals surface area contributed by atoms with Gasteiger partial charge in [-0.05, 0) is 28.5 Å². The number of nitrogens with zero attached hydrogens (tertiary/aromatic N) is 1. The van der Waals surface area contributed by atoms with Crippen molar-refractivity contribution >= 4 is 34.3 Å². The minimum absolute atomic E-state index is 0.0226. The molecule has 1 atom stereocenters. The first-order valence-corrected chi connectivity index (χ1v) is 5.80. The van der Waals surface area contributed by atoms with Gasteiger partial charge in [-0.25, -0.2) is 4.98 Å². The zero-order chi connectivity index (χ0) is 12.3. The number of nitrogens with two attached hydrogens (primary N) is 1. The van der Waals surface area contributed by atoms with E-state index in [-0.39, 0.29) is 11.5 Å². The molecule has 0 aromatic carbocycles. The number of rotatable bonds is 4. The summed E-state index contributed by atoms with van der Waals surface area (Å²) in [5.41, 5.74) is 5.01. The van der Waals surface area contributed by atoms with Gasteiger partial charge in [0.2, 0.25) is 5.91 Å². The maximum atomic E-state index is 11.3. The Labute approximate surface area is 106 Å². The summed E-state index contributed by atoms with van der Waals surface area (Å²) in [6.07, 6.45) is 1.28. The number of hydrogen-bond acceptors (Lipinski definition) is 4. The number of aromatic amines is 1. The lowest BCUT2D eigenvalue weighted by molar-refractivity contribution is -0.119. The maximum Gasteiger partial charge on any atom is 0.266 e. The Kier molecular flexibility index (Phi) is 4.27. The van der Waals surface area contributed by atoms with Gasteiger partial charge >= 0.3 is 0 Å². The summed E-state index contributed by atoms with van der Waals surface area (Å²) in [4.78, 5) is 28.9. The van der Waals surface area contributed by atoms with Gasteiger partial charge in [0.1, 0.15) is 15.4 Å². The average molecular weight is 336 g/mol. The lowest BCUT2D eigenvalue weighted by Gasteiger charge is -2.19. The van der Waals surface area contributed by atoms with Gasteiger partial charge in [0.25, 0.3) is 5.56 Å². The molecule has 0 fully saturated rings. The summed E-state index contributed by atoms with van der Waals surface area (Å²) < 4.78 is 0.409. The van der Waals surface area contributed by atoms with Crippen molar-refractivity contribution in [2.45, 2.75) is 19.9 Å². The zero-order valence-electron chi connectivity index (χ0n) is 8.95. The largest absolute Gasteiger partial charge is 0.368 e. The molecule has 0 saturated heterocycles. The molecule has 1 rings (SSSR count). The van der Waals surface area contributed by atoms with Gasteiger partial charge in [-0.1, -0.05) is 13.8 Å². The first kappa shape index (κ1) is 12.9. The number of H-pyrrole nitrogens is 1. The van der Waals surface area contributed by atoms with Crippen molar-refractivity contribution in [2.24, 2.45) is 11.7 Å². The summed E-state index contributed by atoms with van der Waals surface area (Å²) in [5.74, 6) is -0.0656. The Balaban J connectivity index is 2.99. The molecule has 4 N–H and O–H groups in total. The number of amides is 1. The molecule has 0 saturated carbocycles. The molecule has 0 aliphatic heterocycles. The third kappa shape index (κ3) is 2.94. The quantitative estimate of drug-likeness (QED) is 0.688. The van der Waals surface area contributed by atoms with Gasteiger partial charge in [0.05, 0.1) is 6.33 Å². The normalized spacial score (nSPS) is 12.5. The predicted octanol–water partition coefficient (Wildman–Crippen LogP) is 0.296. The number of carbonyl (C=O) groups is 1. The highest BCUT2D eigenvalue weighted by Crippen LogP contribution is 2.13. The maximum absolute atomic E-state index is 11.3. The predicted molar refractivity (Wildman–Crippen MR) is 69.0 cm³/mol. The first-order valence-electron chi connectivity index (χ1n) is 4.72. The summed E-state index contributed by atoms with van der Waals surface area (Å²) in [6, 6.07) is -0.539. The van der Waals surface area contributed by atoms with E-state index in [0.29, 0.717) is 9.39 Å². The van der Waals surface area contributed by atoms with Crippen LogP contribution in [0.1, 0.15) is 13.8 Å². The van der Waals surface area contributed by atoms with Crippen molar-refractivity contribution in [3.8, 4) is 0 Å². The van der Waals surface area contributed by atoms with E-state index in [4.69, 9.17) is 5.73 Å². The fraction of sp³-hybridized carbons (Fsp3) is 0.444. The van der Waals surface area contributed by atoms with Gasteiger partial charge in [0.15, 0.2) is 0 Å². The number of halogens is 1. The first-order chi connectivity index (χ1) is 7.43. The molecular formula is C9H13IN4O2. The number of primary amides is 1. The van der Waals surface area contributed by atoms with Crippen LogP contribution in [0.3, 0.4) is 0 Å². The minimum atomic E-state index is -0.539. The summed E-state index contributed by atoms with van der Waals surface area (Å²) in [7, 11) is 0. The van der Waals surface area contributed by atoms with Gasteiger partial charge < -0.3 is 16.0 Å². The average Bonchev–Trinajstić information content (AvgIpc) is 2.19. The Morgan fingerprint density at radius 3 is 2.75 bits per heavy atom. The molecule has 0 aliphatic rings. The highest BCUT2D eigenvalue weighted by Gasteiger charge is 2.21. The van der Waals surface area contributed by atoms with E-state index in [1.807, 2.05) is 36.4 Å². The van der Waals surface area contributed by atoms with E-state index in [0.717, 1.165) is 0 Å². The Morgan fingerprint density at radius 2 is 2.25 bits per heavy atom. The Bertz CT molecular complexity index is 443. The SMILES string of the molecule is CC(C)C(Nc1nc[nH]c(=O)c1I)C(N)=O. The van der Waals surface area contributed by atoms with Crippen LogP contribution in [-0.2, 0) is 4.79 Å². The van der Waals surface area contributed by atoms with Crippen LogP contribution >= 0.6 is 22.6 Å². The van der Waals surface area contributed by atoms with Crippen molar-refractivity contribution in [1.29, 1.82) is 0 Å². The van der Waals surface area contributed by atoms with Crippen molar-refractivity contribution in [3.63, 3.8) is 0 Å². The molecule has 0 radical (unpaired) electrons. The minimum Gasteiger partial charge on any atom is -0.368 e. The summed E-state index contributed by atoms with van der Waals surface area (Å²) >= 11 is 1.86. The third-order valence-corrected chi connectivity index (χ3v) is 3.06. The molecule has 1 aromatic rings. The van der Waals surface area contributed by atoms with Gasteiger partial charge in [-0.15, -0.1) is 0 Å². The van der Waals surface area contributed by atoms with Crippen LogP contribution in [0, 0.1) is 9.49 Å². The highest BCUT2D eigenvalue weighted by atomic mass is 127. The molecule has 0 bridgehead atoms. The number of nitrogens with one attached hydrogen (secondary N) is 2. The van der Waals surface area contributed by atoms with Crippen LogP contribution in [0.5, 0.6) is 0 Å². The molecule has 0 aliphatic carbocycles. The van der Waals surface area contributed by atoms with Crippen molar-refractivity contribution in [3.05, 3.63) is 20.3 Å². The Morgan fingerprint density at radius 1 is 1.62 bits per heavy atom. The number of anilines is 1. The fourth-order valence-corrected chi connectivity index (χ4v) is 1.65. The van der Waals surface area contributed by atoms with Crippen LogP contribution in [0.25, 0.3) is 0 Å². The highest BCUT2D eigenvalue weighted by molar-refractivity contribution is 14.1. The summed E-state index contributed by atoms with van der Waals surface area (Å²) in [6.45, 7) is 3.73. The van der Waals surface area contributed by atoms with Crippen molar-refractivity contribution in [1.82, 2.24) is 9.97 Å². The molecule has 16 heavy (non-hydrogen) atoms. The number of carbonyl (C=O) groups excluding carboxylic acids is 1. The van der Waals surface area contributed by atoms with Crippen LogP contribution in [0.15, 0.2) is 11.1 Å². The van der Waals surface area contributed by atoms with E-state index >= 15 is 0 Å². The fourth-order valence-electron chi connectivity index (χ4n) is 1.20. The second-order valence-corrected chi connectivity index (χ2v) is 4.74. The smallest absolute Gasteiger partial charge is 0.266 e. The molecule has 1 unspecified atom stereocenters. The molecule has 7 heteroatoms.